The number of pyridine rings is 1. The van der Waals surface area contributed by atoms with E-state index in [0.29, 0.717) is 6.04 Å². The third-order valence-electron chi connectivity index (χ3n) is 5.29. The van der Waals surface area contributed by atoms with E-state index >= 15 is 0 Å². The lowest BCUT2D eigenvalue weighted by Crippen LogP contribution is -2.47. The second-order valence-electron chi connectivity index (χ2n) is 6.84. The number of thiazole rings is 1. The normalized spacial score (nSPS) is 16.9. The molecule has 3 aromatic heterocycles. The molecule has 0 saturated carbocycles. The minimum absolute atomic E-state index is 0.359. The monoisotopic (exact) mass is 376 g/mol. The molecule has 6 nitrogen and oxygen atoms in total. The van der Waals surface area contributed by atoms with E-state index in [1.807, 2.05) is 18.5 Å². The predicted molar refractivity (Wildman–Crippen MR) is 109 cm³/mol. The fraction of sp³-hybridized carbons (Fsp3) is 0.300. The summed E-state index contributed by atoms with van der Waals surface area (Å²) in [6.45, 7) is 6.30. The highest BCUT2D eigenvalue weighted by atomic mass is 32.1. The van der Waals surface area contributed by atoms with Crippen molar-refractivity contribution in [2.45, 2.75) is 13.0 Å². The first kappa shape index (κ1) is 16.5. The van der Waals surface area contributed by atoms with Crippen molar-refractivity contribution in [3.8, 4) is 0 Å². The third-order valence-corrected chi connectivity index (χ3v) is 6.38. The molecular weight excluding hydrogens is 356 g/mol. The van der Waals surface area contributed by atoms with Crippen LogP contribution in [0.4, 0.5) is 5.13 Å². The molecule has 1 aliphatic rings. The Hall–Kier alpha value is -2.64. The van der Waals surface area contributed by atoms with Crippen LogP contribution in [0, 0.1) is 0 Å². The molecule has 1 fully saturated rings. The van der Waals surface area contributed by atoms with Crippen molar-refractivity contribution in [2.24, 2.45) is 0 Å². The molecule has 0 aliphatic carbocycles. The highest BCUT2D eigenvalue weighted by Gasteiger charge is 2.24. The van der Waals surface area contributed by atoms with E-state index < -0.39 is 0 Å². The minimum atomic E-state index is 0.359. The predicted octanol–water partition coefficient (Wildman–Crippen LogP) is 3.52. The first-order valence-electron chi connectivity index (χ1n) is 9.18. The van der Waals surface area contributed by atoms with Gasteiger partial charge in [-0.25, -0.2) is 4.98 Å². The maximum absolute atomic E-state index is 4.75. The third kappa shape index (κ3) is 3.13. The number of aromatic nitrogens is 4. The number of anilines is 1. The number of benzene rings is 1. The molecule has 1 aromatic carbocycles. The highest BCUT2D eigenvalue weighted by molar-refractivity contribution is 7.22. The number of nitrogens with zero attached hydrogens (tertiary/aromatic N) is 6. The maximum Gasteiger partial charge on any atom is 0.186 e. The Morgan fingerprint density at radius 2 is 1.74 bits per heavy atom. The van der Waals surface area contributed by atoms with Gasteiger partial charge in [0.1, 0.15) is 5.52 Å². The molecule has 27 heavy (non-hydrogen) atoms. The van der Waals surface area contributed by atoms with Crippen LogP contribution in [0.2, 0.25) is 0 Å². The van der Waals surface area contributed by atoms with E-state index in [2.05, 4.69) is 49.9 Å². The molecule has 7 heteroatoms. The molecule has 0 amide bonds. The van der Waals surface area contributed by atoms with Crippen LogP contribution in [0.15, 0.2) is 49.1 Å². The summed E-state index contributed by atoms with van der Waals surface area (Å²) in [7, 11) is 0. The summed E-state index contributed by atoms with van der Waals surface area (Å²) in [5.41, 5.74) is 4.19. The van der Waals surface area contributed by atoms with Crippen molar-refractivity contribution in [1.82, 2.24) is 24.8 Å². The van der Waals surface area contributed by atoms with Crippen LogP contribution in [0.25, 0.3) is 21.3 Å². The topological polar surface area (TPSA) is 58.0 Å². The number of fused-ring (bicyclic) bond motifs is 2. The SMILES string of the molecule is CC(c1ccc2nccnc2c1)N1CCN(c2nc3cnccc3s2)CC1. The van der Waals surface area contributed by atoms with Crippen LogP contribution in [0.3, 0.4) is 0 Å². The van der Waals surface area contributed by atoms with Gasteiger partial charge in [0, 0.05) is 50.8 Å². The smallest absolute Gasteiger partial charge is 0.186 e. The molecule has 136 valence electrons. The van der Waals surface area contributed by atoms with Crippen molar-refractivity contribution in [1.29, 1.82) is 0 Å². The summed E-state index contributed by atoms with van der Waals surface area (Å²) < 4.78 is 1.20. The van der Waals surface area contributed by atoms with Crippen LogP contribution in [0.1, 0.15) is 18.5 Å². The molecule has 0 spiro atoms. The molecule has 0 radical (unpaired) electrons. The van der Waals surface area contributed by atoms with Gasteiger partial charge in [-0.1, -0.05) is 17.4 Å². The molecule has 1 unspecified atom stereocenters. The minimum Gasteiger partial charge on any atom is -0.345 e. The highest BCUT2D eigenvalue weighted by Crippen LogP contribution is 2.30. The lowest BCUT2D eigenvalue weighted by Gasteiger charge is -2.38. The molecule has 1 saturated heterocycles. The summed E-state index contributed by atoms with van der Waals surface area (Å²) in [4.78, 5) is 22.6. The van der Waals surface area contributed by atoms with E-state index in [0.717, 1.165) is 47.9 Å². The Morgan fingerprint density at radius 3 is 2.56 bits per heavy atom. The number of rotatable bonds is 3. The Bertz CT molecular complexity index is 1050. The van der Waals surface area contributed by atoms with E-state index in [-0.39, 0.29) is 0 Å². The largest absolute Gasteiger partial charge is 0.345 e. The Labute approximate surface area is 161 Å². The quantitative estimate of drug-likeness (QED) is 0.545. The fourth-order valence-electron chi connectivity index (χ4n) is 3.65. The molecular formula is C20H20N6S. The molecule has 4 heterocycles. The van der Waals surface area contributed by atoms with Gasteiger partial charge in [-0.3, -0.25) is 19.9 Å². The van der Waals surface area contributed by atoms with Crippen LogP contribution in [-0.4, -0.2) is 51.0 Å². The summed E-state index contributed by atoms with van der Waals surface area (Å²) in [5, 5.41) is 1.10. The molecule has 5 rings (SSSR count). The molecule has 0 N–H and O–H groups in total. The van der Waals surface area contributed by atoms with Gasteiger partial charge in [0.15, 0.2) is 5.13 Å². The molecule has 1 atom stereocenters. The van der Waals surface area contributed by atoms with Gasteiger partial charge < -0.3 is 4.90 Å². The lowest BCUT2D eigenvalue weighted by atomic mass is 10.1. The number of hydrogen-bond acceptors (Lipinski definition) is 7. The zero-order valence-corrected chi connectivity index (χ0v) is 15.9. The molecule has 0 bridgehead atoms. The van der Waals surface area contributed by atoms with E-state index in [4.69, 9.17) is 4.98 Å². The van der Waals surface area contributed by atoms with Crippen LogP contribution >= 0.6 is 11.3 Å². The van der Waals surface area contributed by atoms with Crippen molar-refractivity contribution in [3.63, 3.8) is 0 Å². The summed E-state index contributed by atoms with van der Waals surface area (Å²) in [5.74, 6) is 0. The van der Waals surface area contributed by atoms with Crippen molar-refractivity contribution < 1.29 is 0 Å². The van der Waals surface area contributed by atoms with E-state index in [9.17, 15) is 0 Å². The van der Waals surface area contributed by atoms with Gasteiger partial charge in [0.05, 0.1) is 21.9 Å². The van der Waals surface area contributed by atoms with Crippen LogP contribution in [0.5, 0.6) is 0 Å². The zero-order valence-electron chi connectivity index (χ0n) is 15.1. The Morgan fingerprint density at radius 1 is 0.926 bits per heavy atom. The number of hydrogen-bond donors (Lipinski definition) is 0. The Kier molecular flexibility index (Phi) is 4.18. The summed E-state index contributed by atoms with van der Waals surface area (Å²) in [6, 6.07) is 8.81. The van der Waals surface area contributed by atoms with E-state index in [1.54, 1.807) is 23.7 Å². The van der Waals surface area contributed by atoms with Crippen molar-refractivity contribution in [3.05, 3.63) is 54.6 Å². The fourth-order valence-corrected chi connectivity index (χ4v) is 4.64. The lowest BCUT2D eigenvalue weighted by molar-refractivity contribution is 0.198. The first-order chi connectivity index (χ1) is 13.3. The first-order valence-corrected chi connectivity index (χ1v) is 10.00. The van der Waals surface area contributed by atoms with Crippen molar-refractivity contribution >= 4 is 37.7 Å². The average molecular weight is 376 g/mol. The van der Waals surface area contributed by atoms with Gasteiger partial charge in [-0.15, -0.1) is 0 Å². The second kappa shape index (κ2) is 6.83. The van der Waals surface area contributed by atoms with Crippen LogP contribution < -0.4 is 4.90 Å². The van der Waals surface area contributed by atoms with Gasteiger partial charge in [-0.05, 0) is 30.7 Å². The summed E-state index contributed by atoms with van der Waals surface area (Å²) >= 11 is 1.75. The average Bonchev–Trinajstić information content (AvgIpc) is 3.17. The second-order valence-corrected chi connectivity index (χ2v) is 7.85. The van der Waals surface area contributed by atoms with Gasteiger partial charge >= 0.3 is 0 Å². The zero-order chi connectivity index (χ0) is 18.2. The summed E-state index contributed by atoms with van der Waals surface area (Å²) in [6.07, 6.45) is 7.17. The van der Waals surface area contributed by atoms with E-state index in [1.165, 1.54) is 10.3 Å². The number of piperazine rings is 1. The standard InChI is InChI=1S/C20H20N6S/c1-14(15-2-3-16-17(12-15)23-7-6-22-16)25-8-10-26(11-9-25)20-24-18-13-21-5-4-19(18)27-20/h2-7,12-14H,8-11H2,1H3. The van der Waals surface area contributed by atoms with Gasteiger partial charge in [0.25, 0.3) is 0 Å². The van der Waals surface area contributed by atoms with Crippen molar-refractivity contribution in [2.75, 3.05) is 31.1 Å². The van der Waals surface area contributed by atoms with Gasteiger partial charge in [-0.2, -0.15) is 0 Å². The maximum atomic E-state index is 4.75. The van der Waals surface area contributed by atoms with Gasteiger partial charge in [0.2, 0.25) is 0 Å². The molecule has 4 aromatic rings. The Balaban J connectivity index is 1.30. The van der Waals surface area contributed by atoms with Crippen LogP contribution in [-0.2, 0) is 0 Å². The molecule has 1 aliphatic heterocycles.